The van der Waals surface area contributed by atoms with Crippen molar-refractivity contribution in [1.29, 1.82) is 0 Å². The van der Waals surface area contributed by atoms with E-state index in [2.05, 4.69) is 11.1 Å². The summed E-state index contributed by atoms with van der Waals surface area (Å²) in [5.41, 5.74) is 3.95. The smallest absolute Gasteiger partial charge is 0.0884 e. The summed E-state index contributed by atoms with van der Waals surface area (Å²) in [5.74, 6) is 0. The summed E-state index contributed by atoms with van der Waals surface area (Å²) in [6.07, 6.45) is 5.70. The average Bonchev–Trinajstić information content (AvgIpc) is 2.51. The molecule has 2 heteroatoms. The van der Waals surface area contributed by atoms with E-state index in [9.17, 15) is 0 Å². The number of hydrogen-bond donors (Lipinski definition) is 0. The van der Waals surface area contributed by atoms with Crippen LogP contribution in [0.4, 0.5) is 0 Å². The van der Waals surface area contributed by atoms with Gasteiger partial charge in [0, 0.05) is 13.3 Å². The van der Waals surface area contributed by atoms with Crippen molar-refractivity contribution in [1.82, 2.24) is 4.98 Å². The number of rotatable bonds is 2. The number of pyridine rings is 1. The van der Waals surface area contributed by atoms with Crippen LogP contribution in [0.5, 0.6) is 0 Å². The predicted molar refractivity (Wildman–Crippen MR) is 47.0 cm³/mol. The number of fused-ring (bicyclic) bond motifs is 1. The molecule has 0 aliphatic heterocycles. The second-order valence-electron chi connectivity index (χ2n) is 3.23. The number of aryl methyl sites for hydroxylation is 2. The molecule has 0 radical (unpaired) electrons. The lowest BCUT2D eigenvalue weighted by molar-refractivity contribution is 0.181. The molecular weight excluding hydrogens is 150 g/mol. The minimum Gasteiger partial charge on any atom is -0.378 e. The van der Waals surface area contributed by atoms with Crippen LogP contribution in [-0.2, 0) is 24.2 Å². The highest BCUT2D eigenvalue weighted by Crippen LogP contribution is 2.21. The lowest BCUT2D eigenvalue weighted by Crippen LogP contribution is -1.94. The fourth-order valence-corrected chi connectivity index (χ4v) is 1.73. The van der Waals surface area contributed by atoms with Gasteiger partial charge in [0.25, 0.3) is 0 Å². The molecule has 1 aliphatic rings. The lowest BCUT2D eigenvalue weighted by atomic mass is 10.1. The highest BCUT2D eigenvalue weighted by atomic mass is 16.5. The zero-order valence-electron chi connectivity index (χ0n) is 7.34. The molecule has 0 saturated carbocycles. The van der Waals surface area contributed by atoms with E-state index in [0.717, 1.165) is 5.69 Å². The van der Waals surface area contributed by atoms with Gasteiger partial charge in [0.05, 0.1) is 12.3 Å². The SMILES string of the molecule is COCc1cc2c(cn1)CCC2. The molecule has 0 unspecified atom stereocenters. The normalized spacial score (nSPS) is 14.8. The molecule has 1 heterocycles. The molecule has 0 amide bonds. The highest BCUT2D eigenvalue weighted by Gasteiger charge is 2.11. The number of nitrogens with zero attached hydrogens (tertiary/aromatic N) is 1. The zero-order valence-corrected chi connectivity index (χ0v) is 7.34. The Kier molecular flexibility index (Phi) is 2.09. The van der Waals surface area contributed by atoms with Crippen LogP contribution < -0.4 is 0 Å². The van der Waals surface area contributed by atoms with Crippen LogP contribution in [0.15, 0.2) is 12.3 Å². The first-order valence-electron chi connectivity index (χ1n) is 4.36. The van der Waals surface area contributed by atoms with Crippen LogP contribution in [0.3, 0.4) is 0 Å². The van der Waals surface area contributed by atoms with E-state index in [1.807, 2.05) is 6.20 Å². The first-order chi connectivity index (χ1) is 5.90. The molecule has 1 aromatic heterocycles. The summed E-state index contributed by atoms with van der Waals surface area (Å²) in [6.45, 7) is 0.632. The minimum atomic E-state index is 0.632. The quantitative estimate of drug-likeness (QED) is 0.662. The largest absolute Gasteiger partial charge is 0.378 e. The molecule has 0 N–H and O–H groups in total. The van der Waals surface area contributed by atoms with Crippen LogP contribution in [-0.4, -0.2) is 12.1 Å². The van der Waals surface area contributed by atoms with E-state index in [1.165, 1.54) is 30.4 Å². The molecule has 1 aromatic rings. The molecule has 2 nitrogen and oxygen atoms in total. The Bertz CT molecular complexity index is 283. The third kappa shape index (κ3) is 1.34. The van der Waals surface area contributed by atoms with Gasteiger partial charge in [-0.2, -0.15) is 0 Å². The standard InChI is InChI=1S/C10H13NO/c1-12-7-10-5-8-3-2-4-9(8)6-11-10/h5-6H,2-4,7H2,1H3. The van der Waals surface area contributed by atoms with E-state index in [-0.39, 0.29) is 0 Å². The van der Waals surface area contributed by atoms with Gasteiger partial charge in [0.1, 0.15) is 0 Å². The third-order valence-electron chi connectivity index (χ3n) is 2.32. The fraction of sp³-hybridized carbons (Fsp3) is 0.500. The summed E-state index contributed by atoms with van der Waals surface area (Å²) in [7, 11) is 1.70. The third-order valence-corrected chi connectivity index (χ3v) is 2.32. The molecule has 0 fully saturated rings. The van der Waals surface area contributed by atoms with Crippen molar-refractivity contribution < 1.29 is 4.74 Å². The molecule has 0 saturated heterocycles. The number of methoxy groups -OCH3 is 1. The van der Waals surface area contributed by atoms with Crippen LogP contribution in [0, 0.1) is 0 Å². The highest BCUT2D eigenvalue weighted by molar-refractivity contribution is 5.30. The average molecular weight is 163 g/mol. The van der Waals surface area contributed by atoms with Gasteiger partial charge >= 0.3 is 0 Å². The van der Waals surface area contributed by atoms with Crippen LogP contribution in [0.1, 0.15) is 23.2 Å². The Morgan fingerprint density at radius 3 is 3.08 bits per heavy atom. The van der Waals surface area contributed by atoms with Gasteiger partial charge in [-0.05, 0) is 36.5 Å². The fourth-order valence-electron chi connectivity index (χ4n) is 1.73. The van der Waals surface area contributed by atoms with Gasteiger partial charge in [-0.3, -0.25) is 4.98 Å². The van der Waals surface area contributed by atoms with E-state index in [0.29, 0.717) is 6.61 Å². The summed E-state index contributed by atoms with van der Waals surface area (Å²) in [5, 5.41) is 0. The van der Waals surface area contributed by atoms with Crippen LogP contribution in [0.2, 0.25) is 0 Å². The Morgan fingerprint density at radius 2 is 2.25 bits per heavy atom. The maximum atomic E-state index is 5.03. The van der Waals surface area contributed by atoms with Crippen LogP contribution >= 0.6 is 0 Å². The lowest BCUT2D eigenvalue weighted by Gasteiger charge is -2.01. The Morgan fingerprint density at radius 1 is 1.42 bits per heavy atom. The van der Waals surface area contributed by atoms with Crippen molar-refractivity contribution in [3.05, 3.63) is 29.1 Å². The van der Waals surface area contributed by atoms with Crippen molar-refractivity contribution >= 4 is 0 Å². The van der Waals surface area contributed by atoms with Gasteiger partial charge in [-0.25, -0.2) is 0 Å². The molecule has 0 bridgehead atoms. The number of hydrogen-bond acceptors (Lipinski definition) is 2. The molecule has 64 valence electrons. The minimum absolute atomic E-state index is 0.632. The van der Waals surface area contributed by atoms with Crippen LogP contribution in [0.25, 0.3) is 0 Å². The molecular formula is C10H13NO. The van der Waals surface area contributed by atoms with Gasteiger partial charge in [-0.1, -0.05) is 0 Å². The van der Waals surface area contributed by atoms with Crippen molar-refractivity contribution in [2.24, 2.45) is 0 Å². The number of ether oxygens (including phenoxy) is 1. The van der Waals surface area contributed by atoms with Crippen molar-refractivity contribution in [2.75, 3.05) is 7.11 Å². The van der Waals surface area contributed by atoms with E-state index in [1.54, 1.807) is 7.11 Å². The maximum Gasteiger partial charge on any atom is 0.0884 e. The van der Waals surface area contributed by atoms with Gasteiger partial charge in [-0.15, -0.1) is 0 Å². The van der Waals surface area contributed by atoms with Crippen molar-refractivity contribution in [3.8, 4) is 0 Å². The summed E-state index contributed by atoms with van der Waals surface area (Å²) >= 11 is 0. The Labute approximate surface area is 72.6 Å². The van der Waals surface area contributed by atoms with Gasteiger partial charge in [0.15, 0.2) is 0 Å². The zero-order chi connectivity index (χ0) is 8.39. The second kappa shape index (κ2) is 3.23. The first-order valence-corrected chi connectivity index (χ1v) is 4.36. The monoisotopic (exact) mass is 163 g/mol. The molecule has 2 rings (SSSR count). The molecule has 0 spiro atoms. The van der Waals surface area contributed by atoms with E-state index >= 15 is 0 Å². The molecule has 1 aliphatic carbocycles. The molecule has 12 heavy (non-hydrogen) atoms. The number of aromatic nitrogens is 1. The topological polar surface area (TPSA) is 22.1 Å². The summed E-state index contributed by atoms with van der Waals surface area (Å²) < 4.78 is 5.03. The van der Waals surface area contributed by atoms with Crippen molar-refractivity contribution in [3.63, 3.8) is 0 Å². The first kappa shape index (κ1) is 7.74. The van der Waals surface area contributed by atoms with E-state index < -0.39 is 0 Å². The van der Waals surface area contributed by atoms with Gasteiger partial charge < -0.3 is 4.74 Å². The molecule has 0 atom stereocenters. The summed E-state index contributed by atoms with van der Waals surface area (Å²) in [4.78, 5) is 4.32. The maximum absolute atomic E-state index is 5.03. The van der Waals surface area contributed by atoms with Gasteiger partial charge in [0.2, 0.25) is 0 Å². The molecule has 0 aromatic carbocycles. The van der Waals surface area contributed by atoms with E-state index in [4.69, 9.17) is 4.74 Å². The Hall–Kier alpha value is -0.890. The predicted octanol–water partition coefficient (Wildman–Crippen LogP) is 1.72. The Balaban J connectivity index is 2.26. The second-order valence-corrected chi connectivity index (χ2v) is 3.23. The summed E-state index contributed by atoms with van der Waals surface area (Å²) in [6, 6.07) is 2.17. The van der Waals surface area contributed by atoms with Crippen molar-refractivity contribution in [2.45, 2.75) is 25.9 Å².